The minimum atomic E-state index is -0.538. The zero-order chi connectivity index (χ0) is 25.1. The van der Waals surface area contributed by atoms with Gasteiger partial charge in [-0.2, -0.15) is 5.10 Å². The molecule has 0 aliphatic carbocycles. The number of carbonyl (C=O) groups is 2. The molecule has 4 aromatic rings. The maximum atomic E-state index is 13.2. The van der Waals surface area contributed by atoms with Gasteiger partial charge in [0, 0.05) is 24.9 Å². The van der Waals surface area contributed by atoms with Gasteiger partial charge >= 0.3 is 0 Å². The lowest BCUT2D eigenvalue weighted by Gasteiger charge is -2.26. The van der Waals surface area contributed by atoms with Crippen LogP contribution >= 0.6 is 11.3 Å². The number of hydrogen-bond acceptors (Lipinski definition) is 6. The van der Waals surface area contributed by atoms with Crippen molar-refractivity contribution in [3.8, 4) is 0 Å². The summed E-state index contributed by atoms with van der Waals surface area (Å²) in [5.74, 6) is 0.0294. The largest absolute Gasteiger partial charge is 0.381 e. The van der Waals surface area contributed by atoms with Crippen LogP contribution in [-0.4, -0.2) is 41.3 Å². The van der Waals surface area contributed by atoms with Crippen LogP contribution in [-0.2, 0) is 10.3 Å². The molecule has 2 aromatic heterocycles. The first-order valence-electron chi connectivity index (χ1n) is 12.0. The molecule has 0 spiro atoms. The third-order valence-corrected chi connectivity index (χ3v) is 7.42. The van der Waals surface area contributed by atoms with E-state index >= 15 is 0 Å². The van der Waals surface area contributed by atoms with Gasteiger partial charge in [0.15, 0.2) is 0 Å². The molecule has 1 aliphatic rings. The van der Waals surface area contributed by atoms with Crippen molar-refractivity contribution in [2.45, 2.75) is 38.3 Å². The van der Waals surface area contributed by atoms with Crippen LogP contribution in [0.1, 0.15) is 52.3 Å². The fourth-order valence-corrected chi connectivity index (χ4v) is 5.23. The summed E-state index contributed by atoms with van der Waals surface area (Å²) in [7, 11) is 0. The average molecular weight is 504 g/mol. The minimum Gasteiger partial charge on any atom is -0.381 e. The second kappa shape index (κ2) is 10.1. The molecule has 36 heavy (non-hydrogen) atoms. The summed E-state index contributed by atoms with van der Waals surface area (Å²) >= 11 is 1.28. The van der Waals surface area contributed by atoms with Crippen molar-refractivity contribution in [2.75, 3.05) is 23.8 Å². The fourth-order valence-electron chi connectivity index (χ4n) is 4.34. The first-order valence-corrected chi connectivity index (χ1v) is 12.8. The molecule has 186 valence electrons. The number of para-hydroxylation sites is 1. The number of amides is 2. The Hall–Kier alpha value is -3.69. The first-order chi connectivity index (χ1) is 17.4. The van der Waals surface area contributed by atoms with Crippen LogP contribution in [0, 0.1) is 0 Å². The van der Waals surface area contributed by atoms with Gasteiger partial charge in [0.2, 0.25) is 0 Å². The van der Waals surface area contributed by atoms with E-state index in [4.69, 9.17) is 4.74 Å². The van der Waals surface area contributed by atoms with E-state index < -0.39 is 5.54 Å². The van der Waals surface area contributed by atoms with Crippen LogP contribution in [0.25, 0.3) is 10.2 Å². The average Bonchev–Trinajstić information content (AvgIpc) is 3.47. The summed E-state index contributed by atoms with van der Waals surface area (Å²) in [6, 6.07) is 19.3. The molecule has 9 heteroatoms. The summed E-state index contributed by atoms with van der Waals surface area (Å²) in [6.45, 7) is 5.37. The number of aromatic amines is 1. The van der Waals surface area contributed by atoms with Crippen molar-refractivity contribution in [1.29, 1.82) is 0 Å². The van der Waals surface area contributed by atoms with Gasteiger partial charge in [0.05, 0.1) is 21.4 Å². The number of thiophene rings is 1. The van der Waals surface area contributed by atoms with E-state index in [0.29, 0.717) is 26.5 Å². The maximum absolute atomic E-state index is 13.2. The number of nitrogens with zero attached hydrogens (tertiary/aromatic N) is 1. The number of H-pyrrole nitrogens is 1. The number of aromatic nitrogens is 2. The highest BCUT2D eigenvalue weighted by atomic mass is 32.1. The maximum Gasteiger partial charge on any atom is 0.262 e. The van der Waals surface area contributed by atoms with E-state index in [1.165, 1.54) is 11.3 Å². The smallest absolute Gasteiger partial charge is 0.262 e. The molecular formula is C27H29N5O3S. The number of carbonyl (C=O) groups excluding carboxylic acids is 2. The highest BCUT2D eigenvalue weighted by molar-refractivity contribution is 7.20. The molecule has 0 radical (unpaired) electrons. The van der Waals surface area contributed by atoms with Gasteiger partial charge < -0.3 is 20.7 Å². The van der Waals surface area contributed by atoms with Crippen LogP contribution in [0.4, 0.5) is 11.5 Å². The quantitative estimate of drug-likeness (QED) is 0.280. The summed E-state index contributed by atoms with van der Waals surface area (Å²) in [4.78, 5) is 27.4. The van der Waals surface area contributed by atoms with E-state index in [-0.39, 0.29) is 17.9 Å². The molecular weight excluding hydrogens is 474 g/mol. The molecule has 1 aliphatic heterocycles. The molecule has 1 saturated heterocycles. The highest BCUT2D eigenvalue weighted by Crippen LogP contribution is 2.31. The predicted molar refractivity (Wildman–Crippen MR) is 143 cm³/mol. The van der Waals surface area contributed by atoms with Gasteiger partial charge in [-0.05, 0) is 50.5 Å². The monoisotopic (exact) mass is 503 g/mol. The van der Waals surface area contributed by atoms with Gasteiger partial charge in [0.1, 0.15) is 10.6 Å². The molecule has 0 bridgehead atoms. The predicted octanol–water partition coefficient (Wildman–Crippen LogP) is 5.13. The second-order valence-corrected chi connectivity index (χ2v) is 10.4. The number of fused-ring (bicyclic) bond motifs is 1. The van der Waals surface area contributed by atoms with E-state index in [1.807, 2.05) is 62.4 Å². The topological polar surface area (TPSA) is 108 Å². The fraction of sp³-hybridized carbons (Fsp3) is 0.296. The molecule has 0 saturated carbocycles. The number of ether oxygens (including phenoxy) is 1. The molecule has 4 N–H and O–H groups in total. The Balaban J connectivity index is 1.32. The summed E-state index contributed by atoms with van der Waals surface area (Å²) in [5, 5.41) is 17.4. The number of nitrogens with one attached hydrogen (secondary N) is 4. The van der Waals surface area contributed by atoms with Gasteiger partial charge in [-0.1, -0.05) is 42.5 Å². The molecule has 3 heterocycles. The van der Waals surface area contributed by atoms with E-state index in [9.17, 15) is 9.59 Å². The van der Waals surface area contributed by atoms with Crippen molar-refractivity contribution < 1.29 is 14.3 Å². The Morgan fingerprint density at radius 3 is 2.53 bits per heavy atom. The van der Waals surface area contributed by atoms with Gasteiger partial charge in [-0.25, -0.2) is 0 Å². The first kappa shape index (κ1) is 24.0. The molecule has 2 aromatic carbocycles. The van der Waals surface area contributed by atoms with Crippen LogP contribution in [0.15, 0.2) is 60.7 Å². The van der Waals surface area contributed by atoms with Crippen LogP contribution in [0.5, 0.6) is 0 Å². The number of rotatable bonds is 7. The summed E-state index contributed by atoms with van der Waals surface area (Å²) in [5.41, 5.74) is 1.81. The van der Waals surface area contributed by atoms with Crippen molar-refractivity contribution in [2.24, 2.45) is 0 Å². The Morgan fingerprint density at radius 1 is 1.03 bits per heavy atom. The van der Waals surface area contributed by atoms with Crippen LogP contribution in [0.2, 0.25) is 0 Å². The molecule has 5 rings (SSSR count). The summed E-state index contributed by atoms with van der Waals surface area (Å²) in [6.07, 6.45) is 1.80. The van der Waals surface area contributed by atoms with Crippen molar-refractivity contribution in [3.63, 3.8) is 0 Å². The Kier molecular flexibility index (Phi) is 6.75. The zero-order valence-electron chi connectivity index (χ0n) is 20.3. The highest BCUT2D eigenvalue weighted by Gasteiger charge is 2.25. The molecule has 1 fully saturated rings. The molecule has 8 nitrogen and oxygen atoms in total. The van der Waals surface area contributed by atoms with Crippen LogP contribution < -0.4 is 16.0 Å². The third kappa shape index (κ3) is 5.12. The lowest BCUT2D eigenvalue weighted by atomic mass is 9.94. The van der Waals surface area contributed by atoms with E-state index in [0.717, 1.165) is 37.3 Å². The third-order valence-electron chi connectivity index (χ3n) is 6.39. The Morgan fingerprint density at radius 2 is 1.75 bits per heavy atom. The Bertz CT molecular complexity index is 1370. The van der Waals surface area contributed by atoms with Crippen molar-refractivity contribution in [3.05, 3.63) is 76.7 Å². The normalized spacial score (nSPS) is 14.5. The number of benzene rings is 2. The second-order valence-electron chi connectivity index (χ2n) is 9.40. The van der Waals surface area contributed by atoms with Gasteiger partial charge in [-0.3, -0.25) is 14.7 Å². The zero-order valence-corrected chi connectivity index (χ0v) is 21.1. The Labute approximate surface area is 213 Å². The van der Waals surface area contributed by atoms with Crippen molar-refractivity contribution >= 4 is 44.9 Å². The van der Waals surface area contributed by atoms with E-state index in [1.54, 1.807) is 12.1 Å². The van der Waals surface area contributed by atoms with E-state index in [2.05, 4.69) is 26.1 Å². The lowest BCUT2D eigenvalue weighted by Crippen LogP contribution is -2.40. The SMILES string of the molecule is CC(C)(NC(=O)c1cc2c(NC(=O)c3ccccc3NC3CCOCC3)[nH]nc2s1)c1ccccc1. The molecule has 0 unspecified atom stereocenters. The molecule has 2 amide bonds. The van der Waals surface area contributed by atoms with Gasteiger partial charge in [0.25, 0.3) is 11.8 Å². The van der Waals surface area contributed by atoms with Gasteiger partial charge in [-0.15, -0.1) is 11.3 Å². The molecule has 0 atom stereocenters. The summed E-state index contributed by atoms with van der Waals surface area (Å²) < 4.78 is 5.44. The number of anilines is 2. The minimum absolute atomic E-state index is 0.185. The standard InChI is InChI=1S/C27H29N5O3S/c1-27(2,17-8-4-3-5-9-17)30-25(34)22-16-20-23(31-32-26(20)36-22)29-24(33)19-10-6-7-11-21(19)28-18-12-14-35-15-13-18/h3-11,16,18,28H,12-15H2,1-2H3,(H,30,34)(H2,29,31,32,33). The van der Waals surface area contributed by atoms with Crippen LogP contribution in [0.3, 0.4) is 0 Å². The number of hydrogen-bond donors (Lipinski definition) is 4. The van der Waals surface area contributed by atoms with Crippen molar-refractivity contribution in [1.82, 2.24) is 15.5 Å². The lowest BCUT2D eigenvalue weighted by molar-refractivity contribution is 0.0903.